The molecule has 94 valence electrons. The van der Waals surface area contributed by atoms with Gasteiger partial charge in [-0.15, -0.1) is 0 Å². The third-order valence-electron chi connectivity index (χ3n) is 2.94. The second kappa shape index (κ2) is 4.73. The fourth-order valence-electron chi connectivity index (χ4n) is 1.30. The van der Waals surface area contributed by atoms with Crippen LogP contribution in [0.2, 0.25) is 0 Å². The van der Waals surface area contributed by atoms with Crippen LogP contribution in [-0.4, -0.2) is 22.1 Å². The Bertz CT molecular complexity index is 422. The number of aromatic carboxylic acids is 1. The minimum atomic E-state index is -0.957. The van der Waals surface area contributed by atoms with Gasteiger partial charge in [-0.3, -0.25) is 4.98 Å². The van der Waals surface area contributed by atoms with Gasteiger partial charge in [0.05, 0.1) is 5.69 Å². The molecule has 1 unspecified atom stereocenters. The molecule has 17 heavy (non-hydrogen) atoms. The maximum absolute atomic E-state index is 11.1. The Morgan fingerprint density at radius 3 is 2.53 bits per heavy atom. The molecule has 0 bridgehead atoms. The van der Waals surface area contributed by atoms with E-state index in [0.29, 0.717) is 5.69 Å². The zero-order valence-electron chi connectivity index (χ0n) is 11.0. The summed E-state index contributed by atoms with van der Waals surface area (Å²) in [4.78, 5) is 15.1. The number of nitrogens with zero attached hydrogens (tertiary/aromatic N) is 1. The number of hydrogen-bond donors (Lipinski definition) is 2. The average molecular weight is 236 g/mol. The molecule has 0 saturated heterocycles. The lowest BCUT2D eigenvalue weighted by atomic mass is 9.88. The molecule has 1 heterocycles. The molecule has 4 heteroatoms. The third kappa shape index (κ3) is 3.44. The topological polar surface area (TPSA) is 62.2 Å². The molecule has 0 aliphatic rings. The molecule has 1 aromatic heterocycles. The fourth-order valence-corrected chi connectivity index (χ4v) is 1.30. The van der Waals surface area contributed by atoms with Crippen molar-refractivity contribution in [3.8, 4) is 0 Å². The summed E-state index contributed by atoms with van der Waals surface area (Å²) in [6.07, 6.45) is 1.40. The lowest BCUT2D eigenvalue weighted by Gasteiger charge is -2.29. The van der Waals surface area contributed by atoms with E-state index in [1.165, 1.54) is 6.20 Å². The smallest absolute Gasteiger partial charge is 0.339 e. The van der Waals surface area contributed by atoms with Crippen LogP contribution in [0.15, 0.2) is 12.3 Å². The highest BCUT2D eigenvalue weighted by Gasteiger charge is 2.21. The second-order valence-corrected chi connectivity index (χ2v) is 5.41. The van der Waals surface area contributed by atoms with E-state index in [1.54, 1.807) is 6.07 Å². The van der Waals surface area contributed by atoms with Crippen LogP contribution in [0.1, 0.15) is 43.7 Å². The van der Waals surface area contributed by atoms with Crippen molar-refractivity contribution in [1.82, 2.24) is 4.98 Å². The number of hydrogen-bond acceptors (Lipinski definition) is 3. The molecule has 0 aliphatic carbocycles. The number of aromatic nitrogens is 1. The van der Waals surface area contributed by atoms with Crippen molar-refractivity contribution in [2.24, 2.45) is 5.41 Å². The molecule has 0 fully saturated rings. The molecule has 1 atom stereocenters. The first-order valence-electron chi connectivity index (χ1n) is 5.68. The molecule has 0 spiro atoms. The predicted octanol–water partition coefficient (Wildman–Crippen LogP) is 2.93. The monoisotopic (exact) mass is 236 g/mol. The van der Waals surface area contributed by atoms with E-state index in [0.717, 1.165) is 5.69 Å². The molecule has 0 aromatic carbocycles. The van der Waals surface area contributed by atoms with E-state index >= 15 is 0 Å². The zero-order valence-corrected chi connectivity index (χ0v) is 11.0. The van der Waals surface area contributed by atoms with Gasteiger partial charge in [0, 0.05) is 17.9 Å². The summed E-state index contributed by atoms with van der Waals surface area (Å²) in [5.41, 5.74) is 1.71. The predicted molar refractivity (Wildman–Crippen MR) is 68.5 cm³/mol. The van der Waals surface area contributed by atoms with Crippen LogP contribution >= 0.6 is 0 Å². The highest BCUT2D eigenvalue weighted by atomic mass is 16.4. The Morgan fingerprint density at radius 2 is 2.06 bits per heavy atom. The molecule has 0 saturated carbocycles. The standard InChI is InChI=1S/C13H20N2O2/c1-8-6-11(10(7-14-8)12(16)17)15-9(2)13(3,4)5/h6-7,9H,1-5H3,(H,14,15)(H,16,17). The van der Waals surface area contributed by atoms with E-state index in [2.05, 4.69) is 31.1 Å². The number of nitrogens with one attached hydrogen (secondary N) is 1. The normalized spacial score (nSPS) is 13.2. The Balaban J connectivity index is 3.04. The van der Waals surface area contributed by atoms with Gasteiger partial charge in [-0.1, -0.05) is 20.8 Å². The maximum Gasteiger partial charge on any atom is 0.339 e. The van der Waals surface area contributed by atoms with Crippen LogP contribution in [0.3, 0.4) is 0 Å². The van der Waals surface area contributed by atoms with Crippen molar-refractivity contribution >= 4 is 11.7 Å². The van der Waals surface area contributed by atoms with E-state index in [9.17, 15) is 4.79 Å². The SMILES string of the molecule is Cc1cc(NC(C)C(C)(C)C)c(C(=O)O)cn1. The van der Waals surface area contributed by atoms with E-state index in [1.807, 2.05) is 13.8 Å². The molecule has 1 aromatic rings. The van der Waals surface area contributed by atoms with E-state index < -0.39 is 5.97 Å². The Kier molecular flexibility index (Phi) is 3.76. The van der Waals surface area contributed by atoms with Gasteiger partial charge in [0.25, 0.3) is 0 Å². The molecule has 4 nitrogen and oxygen atoms in total. The molecule has 1 rings (SSSR count). The zero-order chi connectivity index (χ0) is 13.2. The average Bonchev–Trinajstić information content (AvgIpc) is 2.15. The van der Waals surface area contributed by atoms with Crippen LogP contribution in [0, 0.1) is 12.3 Å². The minimum absolute atomic E-state index is 0.0624. The van der Waals surface area contributed by atoms with Crippen LogP contribution in [-0.2, 0) is 0 Å². The summed E-state index contributed by atoms with van der Waals surface area (Å²) < 4.78 is 0. The lowest BCUT2D eigenvalue weighted by Crippen LogP contribution is -2.31. The fraction of sp³-hybridized carbons (Fsp3) is 0.538. The van der Waals surface area contributed by atoms with Gasteiger partial charge in [0.15, 0.2) is 0 Å². The molecule has 0 radical (unpaired) electrons. The first kappa shape index (κ1) is 13.5. The molecule has 0 amide bonds. The number of carboxylic acids is 1. The van der Waals surface area contributed by atoms with E-state index in [4.69, 9.17) is 5.11 Å². The van der Waals surface area contributed by atoms with Gasteiger partial charge in [0.1, 0.15) is 5.56 Å². The quantitative estimate of drug-likeness (QED) is 0.847. The largest absolute Gasteiger partial charge is 0.478 e. The van der Waals surface area contributed by atoms with Gasteiger partial charge < -0.3 is 10.4 Å². The summed E-state index contributed by atoms with van der Waals surface area (Å²) in [7, 11) is 0. The molecular weight excluding hydrogens is 216 g/mol. The summed E-state index contributed by atoms with van der Waals surface area (Å²) in [6.45, 7) is 10.2. The molecule has 2 N–H and O–H groups in total. The van der Waals surface area contributed by atoms with Crippen molar-refractivity contribution < 1.29 is 9.90 Å². The van der Waals surface area contributed by atoms with Crippen molar-refractivity contribution in [2.75, 3.05) is 5.32 Å². The first-order chi connectivity index (χ1) is 7.71. The molecule has 0 aliphatic heterocycles. The van der Waals surface area contributed by atoms with Crippen molar-refractivity contribution in [1.29, 1.82) is 0 Å². The third-order valence-corrected chi connectivity index (χ3v) is 2.94. The number of carbonyl (C=O) groups is 1. The van der Waals surface area contributed by atoms with Crippen LogP contribution < -0.4 is 5.32 Å². The Labute approximate surface area is 102 Å². The Hall–Kier alpha value is -1.58. The highest BCUT2D eigenvalue weighted by Crippen LogP contribution is 2.25. The van der Waals surface area contributed by atoms with Crippen molar-refractivity contribution in [3.63, 3.8) is 0 Å². The second-order valence-electron chi connectivity index (χ2n) is 5.41. The van der Waals surface area contributed by atoms with Gasteiger partial charge in [-0.25, -0.2) is 4.79 Å². The lowest BCUT2D eigenvalue weighted by molar-refractivity contribution is 0.0697. The van der Waals surface area contributed by atoms with Gasteiger partial charge >= 0.3 is 5.97 Å². The summed E-state index contributed by atoms with van der Waals surface area (Å²) in [5, 5.41) is 12.3. The van der Waals surface area contributed by atoms with Crippen LogP contribution in [0.4, 0.5) is 5.69 Å². The van der Waals surface area contributed by atoms with Crippen LogP contribution in [0.5, 0.6) is 0 Å². The van der Waals surface area contributed by atoms with Crippen molar-refractivity contribution in [2.45, 2.75) is 40.7 Å². The van der Waals surface area contributed by atoms with Gasteiger partial charge in [-0.2, -0.15) is 0 Å². The summed E-state index contributed by atoms with van der Waals surface area (Å²) in [6, 6.07) is 1.94. The van der Waals surface area contributed by atoms with E-state index in [-0.39, 0.29) is 17.0 Å². The first-order valence-corrected chi connectivity index (χ1v) is 5.68. The van der Waals surface area contributed by atoms with Gasteiger partial charge in [-0.05, 0) is 25.3 Å². The number of pyridine rings is 1. The summed E-state index contributed by atoms with van der Waals surface area (Å²) >= 11 is 0. The number of anilines is 1. The number of carboxylic acid groups (broad SMARTS) is 1. The molecular formula is C13H20N2O2. The number of rotatable bonds is 3. The van der Waals surface area contributed by atoms with Crippen LogP contribution in [0.25, 0.3) is 0 Å². The highest BCUT2D eigenvalue weighted by molar-refractivity contribution is 5.93. The maximum atomic E-state index is 11.1. The van der Waals surface area contributed by atoms with Crippen molar-refractivity contribution in [3.05, 3.63) is 23.5 Å². The van der Waals surface area contributed by atoms with Gasteiger partial charge in [0.2, 0.25) is 0 Å². The number of aryl methyl sites for hydroxylation is 1. The Morgan fingerprint density at radius 1 is 1.47 bits per heavy atom. The summed E-state index contributed by atoms with van der Waals surface area (Å²) in [5.74, 6) is -0.957. The minimum Gasteiger partial charge on any atom is -0.478 e.